The molecule has 0 unspecified atom stereocenters. The van der Waals surface area contributed by atoms with Gasteiger partial charge < -0.3 is 10.3 Å². The van der Waals surface area contributed by atoms with Crippen molar-refractivity contribution in [2.24, 2.45) is 0 Å². The van der Waals surface area contributed by atoms with Gasteiger partial charge in [-0.15, -0.1) is 11.3 Å². The number of nitrogens with one attached hydrogen (secondary N) is 2. The SMILES string of the molecule is Cc1cccc(NC(=O)c2c[nH]c(=O)n(Cc3cccs3)c2=O)c1. The minimum absolute atomic E-state index is 0.104. The van der Waals surface area contributed by atoms with Gasteiger partial charge in [-0.3, -0.25) is 14.2 Å². The van der Waals surface area contributed by atoms with Crippen LogP contribution in [0, 0.1) is 6.92 Å². The summed E-state index contributed by atoms with van der Waals surface area (Å²) in [6, 6.07) is 10.9. The zero-order valence-electron chi connectivity index (χ0n) is 12.9. The first-order valence-electron chi connectivity index (χ1n) is 7.27. The van der Waals surface area contributed by atoms with Gasteiger partial charge in [-0.25, -0.2) is 4.79 Å². The zero-order valence-corrected chi connectivity index (χ0v) is 13.7. The van der Waals surface area contributed by atoms with Crippen LogP contribution < -0.4 is 16.6 Å². The Morgan fingerprint density at radius 2 is 2.08 bits per heavy atom. The number of amides is 1. The fourth-order valence-electron chi connectivity index (χ4n) is 2.30. The molecule has 3 aromatic rings. The molecule has 0 atom stereocenters. The molecular weight excluding hydrogens is 326 g/mol. The van der Waals surface area contributed by atoms with Gasteiger partial charge in [-0.05, 0) is 36.1 Å². The molecular formula is C17H15N3O3S. The molecule has 24 heavy (non-hydrogen) atoms. The van der Waals surface area contributed by atoms with E-state index in [-0.39, 0.29) is 12.1 Å². The molecule has 0 aliphatic heterocycles. The van der Waals surface area contributed by atoms with E-state index < -0.39 is 17.2 Å². The van der Waals surface area contributed by atoms with E-state index >= 15 is 0 Å². The summed E-state index contributed by atoms with van der Waals surface area (Å²) < 4.78 is 1.02. The molecule has 2 heterocycles. The predicted molar refractivity (Wildman–Crippen MR) is 93.9 cm³/mol. The summed E-state index contributed by atoms with van der Waals surface area (Å²) in [7, 11) is 0. The molecule has 0 aliphatic rings. The first kappa shape index (κ1) is 15.9. The van der Waals surface area contributed by atoms with Gasteiger partial charge in [-0.2, -0.15) is 0 Å². The first-order chi connectivity index (χ1) is 11.5. The van der Waals surface area contributed by atoms with E-state index in [9.17, 15) is 14.4 Å². The second-order valence-corrected chi connectivity index (χ2v) is 6.33. The topological polar surface area (TPSA) is 84.0 Å². The van der Waals surface area contributed by atoms with Crippen LogP contribution in [0.3, 0.4) is 0 Å². The van der Waals surface area contributed by atoms with Gasteiger partial charge in [-0.1, -0.05) is 18.2 Å². The zero-order chi connectivity index (χ0) is 17.1. The number of H-pyrrole nitrogens is 1. The standard InChI is InChI=1S/C17H15N3O3S/c1-11-4-2-5-12(8-11)19-15(21)14-9-18-17(23)20(16(14)22)10-13-6-3-7-24-13/h2-9H,10H2,1H3,(H,18,23)(H,19,21). The average Bonchev–Trinajstić information content (AvgIpc) is 3.04. The maximum Gasteiger partial charge on any atom is 0.328 e. The summed E-state index contributed by atoms with van der Waals surface area (Å²) in [6.07, 6.45) is 1.15. The van der Waals surface area contributed by atoms with Crippen LogP contribution in [0.15, 0.2) is 57.6 Å². The highest BCUT2D eigenvalue weighted by molar-refractivity contribution is 7.09. The van der Waals surface area contributed by atoms with Crippen LogP contribution >= 0.6 is 11.3 Å². The van der Waals surface area contributed by atoms with Crippen molar-refractivity contribution in [2.45, 2.75) is 13.5 Å². The molecule has 0 bridgehead atoms. The summed E-state index contributed by atoms with van der Waals surface area (Å²) in [5.74, 6) is -0.554. The van der Waals surface area contributed by atoms with Crippen molar-refractivity contribution in [1.82, 2.24) is 9.55 Å². The van der Waals surface area contributed by atoms with Crippen molar-refractivity contribution in [2.75, 3.05) is 5.32 Å². The molecule has 122 valence electrons. The Morgan fingerprint density at radius 1 is 1.25 bits per heavy atom. The number of hydrogen-bond donors (Lipinski definition) is 2. The van der Waals surface area contributed by atoms with E-state index in [4.69, 9.17) is 0 Å². The van der Waals surface area contributed by atoms with Crippen molar-refractivity contribution in [3.63, 3.8) is 0 Å². The van der Waals surface area contributed by atoms with Crippen molar-refractivity contribution < 1.29 is 4.79 Å². The molecule has 0 saturated carbocycles. The minimum atomic E-state index is -0.614. The molecule has 7 heteroatoms. The maximum atomic E-state index is 12.5. The molecule has 1 aromatic carbocycles. The van der Waals surface area contributed by atoms with Crippen molar-refractivity contribution in [3.8, 4) is 0 Å². The molecule has 0 saturated heterocycles. The number of aryl methyl sites for hydroxylation is 1. The second-order valence-electron chi connectivity index (χ2n) is 5.30. The largest absolute Gasteiger partial charge is 0.328 e. The number of nitrogens with zero attached hydrogens (tertiary/aromatic N) is 1. The highest BCUT2D eigenvalue weighted by Crippen LogP contribution is 2.11. The summed E-state index contributed by atoms with van der Waals surface area (Å²) in [5.41, 5.74) is 0.324. The predicted octanol–water partition coefficient (Wildman–Crippen LogP) is 2.21. The Bertz CT molecular complexity index is 987. The number of rotatable bonds is 4. The van der Waals surface area contributed by atoms with Gasteiger partial charge in [0.05, 0.1) is 6.54 Å². The monoisotopic (exact) mass is 341 g/mol. The van der Waals surface area contributed by atoms with Crippen LogP contribution in [0.5, 0.6) is 0 Å². The van der Waals surface area contributed by atoms with Gasteiger partial charge in [0.2, 0.25) is 0 Å². The Hall–Kier alpha value is -2.93. The smallest absolute Gasteiger partial charge is 0.322 e. The van der Waals surface area contributed by atoms with Crippen LogP contribution in [-0.2, 0) is 6.54 Å². The minimum Gasteiger partial charge on any atom is -0.322 e. The van der Waals surface area contributed by atoms with Crippen molar-refractivity contribution >= 4 is 22.9 Å². The number of carbonyl (C=O) groups excluding carboxylic acids is 1. The lowest BCUT2D eigenvalue weighted by Crippen LogP contribution is -2.39. The van der Waals surface area contributed by atoms with E-state index in [1.165, 1.54) is 11.3 Å². The summed E-state index contributed by atoms with van der Waals surface area (Å²) in [4.78, 5) is 40.1. The van der Waals surface area contributed by atoms with Gasteiger partial charge >= 0.3 is 5.69 Å². The second kappa shape index (κ2) is 6.67. The number of thiophene rings is 1. The molecule has 1 amide bonds. The number of benzene rings is 1. The highest BCUT2D eigenvalue weighted by atomic mass is 32.1. The summed E-state index contributed by atoms with van der Waals surface area (Å²) >= 11 is 1.44. The van der Waals surface area contributed by atoms with Crippen LogP contribution in [0.2, 0.25) is 0 Å². The first-order valence-corrected chi connectivity index (χ1v) is 8.15. The Morgan fingerprint density at radius 3 is 2.79 bits per heavy atom. The molecule has 6 nitrogen and oxygen atoms in total. The third-order valence-electron chi connectivity index (χ3n) is 3.48. The lowest BCUT2D eigenvalue weighted by Gasteiger charge is -2.08. The van der Waals surface area contributed by atoms with Gasteiger partial charge in [0.25, 0.3) is 11.5 Å². The number of hydrogen-bond acceptors (Lipinski definition) is 4. The van der Waals surface area contributed by atoms with Gasteiger partial charge in [0.15, 0.2) is 0 Å². The molecule has 0 aliphatic carbocycles. The average molecular weight is 341 g/mol. The number of carbonyl (C=O) groups is 1. The normalized spacial score (nSPS) is 10.5. The third kappa shape index (κ3) is 3.36. The molecule has 3 rings (SSSR count). The molecule has 0 spiro atoms. The molecule has 2 aromatic heterocycles. The maximum absolute atomic E-state index is 12.5. The highest BCUT2D eigenvalue weighted by Gasteiger charge is 2.15. The number of aromatic nitrogens is 2. The van der Waals surface area contributed by atoms with E-state index in [1.54, 1.807) is 12.1 Å². The molecule has 0 fully saturated rings. The van der Waals surface area contributed by atoms with Crippen LogP contribution in [-0.4, -0.2) is 15.5 Å². The third-order valence-corrected chi connectivity index (χ3v) is 4.34. The van der Waals surface area contributed by atoms with E-state index in [2.05, 4.69) is 10.3 Å². The van der Waals surface area contributed by atoms with E-state index in [0.717, 1.165) is 21.2 Å². The van der Waals surface area contributed by atoms with Gasteiger partial charge in [0.1, 0.15) is 5.56 Å². The fourth-order valence-corrected chi connectivity index (χ4v) is 2.99. The Kier molecular flexibility index (Phi) is 4.43. The lowest BCUT2D eigenvalue weighted by molar-refractivity contribution is 0.102. The summed E-state index contributed by atoms with van der Waals surface area (Å²) in [5, 5.41) is 4.54. The summed E-state index contributed by atoms with van der Waals surface area (Å²) in [6.45, 7) is 2.04. The quantitative estimate of drug-likeness (QED) is 0.763. The Balaban J connectivity index is 1.92. The van der Waals surface area contributed by atoms with Crippen molar-refractivity contribution in [1.29, 1.82) is 0 Å². The van der Waals surface area contributed by atoms with E-state index in [0.29, 0.717) is 5.69 Å². The molecule has 2 N–H and O–H groups in total. The Labute approximate surface area is 141 Å². The van der Waals surface area contributed by atoms with Crippen LogP contribution in [0.1, 0.15) is 20.8 Å². The number of anilines is 1. The van der Waals surface area contributed by atoms with Crippen LogP contribution in [0.4, 0.5) is 5.69 Å². The number of aromatic amines is 1. The van der Waals surface area contributed by atoms with Crippen LogP contribution in [0.25, 0.3) is 0 Å². The molecule has 0 radical (unpaired) electrons. The van der Waals surface area contributed by atoms with E-state index in [1.807, 2.05) is 36.6 Å². The fraction of sp³-hybridized carbons (Fsp3) is 0.118. The van der Waals surface area contributed by atoms with Gasteiger partial charge in [0, 0.05) is 16.8 Å². The van der Waals surface area contributed by atoms with Crippen molar-refractivity contribution in [3.05, 3.63) is 84.8 Å². The lowest BCUT2D eigenvalue weighted by atomic mass is 10.2.